The Labute approximate surface area is 176 Å². The van der Waals surface area contributed by atoms with E-state index in [1.165, 1.54) is 0 Å². The lowest BCUT2D eigenvalue weighted by atomic mass is 10.0. The Morgan fingerprint density at radius 2 is 1.43 bits per heavy atom. The first-order valence-corrected chi connectivity index (χ1v) is 9.93. The zero-order chi connectivity index (χ0) is 21.3. The fraction of sp³-hybridized carbons (Fsp3) is 0.200. The number of aliphatic carboxylic acids is 1. The van der Waals surface area contributed by atoms with E-state index in [1.807, 2.05) is 60.4 Å². The first-order chi connectivity index (χ1) is 14.6. The second-order valence-electron chi connectivity index (χ2n) is 6.97. The molecule has 30 heavy (non-hydrogen) atoms. The molecule has 0 aliphatic carbocycles. The number of carboxylic acid groups (broad SMARTS) is 1. The van der Waals surface area contributed by atoms with Gasteiger partial charge in [0, 0.05) is 6.54 Å². The van der Waals surface area contributed by atoms with E-state index in [2.05, 4.69) is 12.1 Å². The summed E-state index contributed by atoms with van der Waals surface area (Å²) in [7, 11) is 0. The number of rotatable bonds is 9. The molecule has 0 radical (unpaired) electrons. The number of likely N-dealkylation sites (N-methyl/N-ethyl adjacent to an activating group) is 1. The highest BCUT2D eigenvalue weighted by atomic mass is 16.5. The van der Waals surface area contributed by atoms with Crippen molar-refractivity contribution >= 4 is 11.9 Å². The molecule has 3 aromatic rings. The number of ether oxygens (including phenoxy) is 1. The first-order valence-electron chi connectivity index (χ1n) is 9.93. The van der Waals surface area contributed by atoms with Gasteiger partial charge in [0.15, 0.2) is 0 Å². The lowest BCUT2D eigenvalue weighted by Gasteiger charge is -2.28. The summed E-state index contributed by atoms with van der Waals surface area (Å²) in [6, 6.07) is 26.0. The van der Waals surface area contributed by atoms with Crippen LogP contribution in [0.25, 0.3) is 11.1 Å². The number of nitrogens with zero attached hydrogens (tertiary/aromatic N) is 1. The van der Waals surface area contributed by atoms with Crippen molar-refractivity contribution < 1.29 is 19.4 Å². The van der Waals surface area contributed by atoms with Crippen LogP contribution in [0.2, 0.25) is 0 Å². The third-order valence-electron chi connectivity index (χ3n) is 4.90. The molecular formula is C25H25NO4. The summed E-state index contributed by atoms with van der Waals surface area (Å²) < 4.78 is 5.43. The maximum absolute atomic E-state index is 12.8. The molecule has 5 heteroatoms. The minimum Gasteiger partial charge on any atom is -0.481 e. The Bertz CT molecular complexity index is 955. The molecular weight excluding hydrogens is 378 g/mol. The van der Waals surface area contributed by atoms with Gasteiger partial charge in [0.2, 0.25) is 0 Å². The van der Waals surface area contributed by atoms with E-state index in [0.29, 0.717) is 18.8 Å². The smallest absolute Gasteiger partial charge is 0.329 e. The molecule has 0 aliphatic rings. The maximum atomic E-state index is 12.8. The van der Waals surface area contributed by atoms with Crippen molar-refractivity contribution in [1.29, 1.82) is 0 Å². The molecule has 3 rings (SSSR count). The normalized spacial score (nSPS) is 11.8. The Hall–Kier alpha value is -3.44. The van der Waals surface area contributed by atoms with Gasteiger partial charge in [-0.05, 0) is 35.4 Å². The fourth-order valence-electron chi connectivity index (χ4n) is 3.31. The van der Waals surface area contributed by atoms with Crippen LogP contribution in [-0.4, -0.2) is 34.5 Å². The molecule has 5 nitrogen and oxygen atoms in total. The van der Waals surface area contributed by atoms with Gasteiger partial charge in [-0.25, -0.2) is 4.79 Å². The van der Waals surface area contributed by atoms with Crippen LogP contribution in [0.4, 0.5) is 0 Å². The number of hydrogen-bond acceptors (Lipinski definition) is 4. The third-order valence-corrected chi connectivity index (χ3v) is 4.90. The lowest BCUT2D eigenvalue weighted by Crippen LogP contribution is -2.44. The molecule has 0 saturated heterocycles. The van der Waals surface area contributed by atoms with Crippen molar-refractivity contribution in [3.63, 3.8) is 0 Å². The Balaban J connectivity index is 1.74. The molecule has 0 spiro atoms. The molecule has 0 fully saturated rings. The standard InChI is InChI=1S/C25H25NO4/c1-2-26(18-19-13-15-21(16-14-19)20-9-5-3-6-10-20)23(17-24(27)28)25(29)30-22-11-7-4-8-12-22/h3-16,23H,2,17-18H2,1H3,(H,27,28). The summed E-state index contributed by atoms with van der Waals surface area (Å²) in [5.74, 6) is -1.20. The second kappa shape index (κ2) is 10.4. The van der Waals surface area contributed by atoms with Crippen molar-refractivity contribution in [3.8, 4) is 16.9 Å². The van der Waals surface area contributed by atoms with Gasteiger partial charge in [-0.3, -0.25) is 9.69 Å². The van der Waals surface area contributed by atoms with Crippen molar-refractivity contribution in [2.45, 2.75) is 25.9 Å². The van der Waals surface area contributed by atoms with Crippen LogP contribution in [0.3, 0.4) is 0 Å². The van der Waals surface area contributed by atoms with Crippen LogP contribution in [0, 0.1) is 0 Å². The molecule has 0 bridgehead atoms. The van der Waals surface area contributed by atoms with Crippen molar-refractivity contribution in [2.75, 3.05) is 6.54 Å². The van der Waals surface area contributed by atoms with Crippen molar-refractivity contribution in [3.05, 3.63) is 90.5 Å². The van der Waals surface area contributed by atoms with Gasteiger partial charge in [-0.15, -0.1) is 0 Å². The molecule has 0 amide bonds. The molecule has 154 valence electrons. The minimum absolute atomic E-state index is 0.318. The Morgan fingerprint density at radius 3 is 2.00 bits per heavy atom. The SMILES string of the molecule is CCN(Cc1ccc(-c2ccccc2)cc1)C(CC(=O)O)C(=O)Oc1ccccc1. The van der Waals surface area contributed by atoms with E-state index in [0.717, 1.165) is 16.7 Å². The van der Waals surface area contributed by atoms with E-state index in [4.69, 9.17) is 4.74 Å². The quantitative estimate of drug-likeness (QED) is 0.417. The number of hydrogen-bond donors (Lipinski definition) is 1. The summed E-state index contributed by atoms with van der Waals surface area (Å²) in [6.45, 7) is 2.87. The van der Waals surface area contributed by atoms with E-state index in [-0.39, 0.29) is 6.42 Å². The van der Waals surface area contributed by atoms with Crippen LogP contribution in [-0.2, 0) is 16.1 Å². The van der Waals surface area contributed by atoms with Gasteiger partial charge in [0.05, 0.1) is 6.42 Å². The second-order valence-corrected chi connectivity index (χ2v) is 6.97. The fourth-order valence-corrected chi connectivity index (χ4v) is 3.31. The third kappa shape index (κ3) is 5.78. The molecule has 1 atom stereocenters. The topological polar surface area (TPSA) is 66.8 Å². The number of para-hydroxylation sites is 1. The monoisotopic (exact) mass is 403 g/mol. The van der Waals surface area contributed by atoms with Crippen LogP contribution < -0.4 is 4.74 Å². The predicted molar refractivity (Wildman–Crippen MR) is 116 cm³/mol. The highest BCUT2D eigenvalue weighted by Gasteiger charge is 2.29. The summed E-state index contributed by atoms with van der Waals surface area (Å²) in [6.07, 6.45) is -0.318. The average Bonchev–Trinajstić information content (AvgIpc) is 2.77. The summed E-state index contributed by atoms with van der Waals surface area (Å²) in [5.41, 5.74) is 3.24. The van der Waals surface area contributed by atoms with Gasteiger partial charge in [-0.2, -0.15) is 0 Å². The lowest BCUT2D eigenvalue weighted by molar-refractivity contribution is -0.148. The van der Waals surface area contributed by atoms with Crippen LogP contribution in [0.1, 0.15) is 18.9 Å². The van der Waals surface area contributed by atoms with Gasteiger partial charge >= 0.3 is 11.9 Å². The van der Waals surface area contributed by atoms with E-state index in [9.17, 15) is 14.7 Å². The average molecular weight is 403 g/mol. The molecule has 0 saturated carbocycles. The van der Waals surface area contributed by atoms with E-state index < -0.39 is 18.0 Å². The first kappa shape index (κ1) is 21.3. The maximum Gasteiger partial charge on any atom is 0.329 e. The van der Waals surface area contributed by atoms with Crippen molar-refractivity contribution in [2.24, 2.45) is 0 Å². The molecule has 1 unspecified atom stereocenters. The number of esters is 1. The van der Waals surface area contributed by atoms with Gasteiger partial charge in [0.25, 0.3) is 0 Å². The summed E-state index contributed by atoms with van der Waals surface area (Å²) >= 11 is 0. The predicted octanol–water partition coefficient (Wildman–Crippen LogP) is 4.62. The molecule has 3 aromatic carbocycles. The number of carboxylic acids is 1. The zero-order valence-electron chi connectivity index (χ0n) is 16.9. The zero-order valence-corrected chi connectivity index (χ0v) is 16.9. The minimum atomic E-state index is -1.04. The number of benzene rings is 3. The largest absolute Gasteiger partial charge is 0.481 e. The van der Waals surface area contributed by atoms with Gasteiger partial charge < -0.3 is 9.84 Å². The molecule has 1 N–H and O–H groups in total. The summed E-state index contributed by atoms with van der Waals surface area (Å²) in [5, 5.41) is 9.34. The highest BCUT2D eigenvalue weighted by Crippen LogP contribution is 2.21. The van der Waals surface area contributed by atoms with Crippen molar-refractivity contribution in [1.82, 2.24) is 4.90 Å². The number of carbonyl (C=O) groups is 2. The van der Waals surface area contributed by atoms with E-state index >= 15 is 0 Å². The molecule has 0 heterocycles. The van der Waals surface area contributed by atoms with Gasteiger partial charge in [0.1, 0.15) is 11.8 Å². The summed E-state index contributed by atoms with van der Waals surface area (Å²) in [4.78, 5) is 26.0. The highest BCUT2D eigenvalue weighted by molar-refractivity contribution is 5.83. The van der Waals surface area contributed by atoms with E-state index in [1.54, 1.807) is 24.3 Å². The van der Waals surface area contributed by atoms with Crippen LogP contribution in [0.5, 0.6) is 5.75 Å². The Morgan fingerprint density at radius 1 is 0.867 bits per heavy atom. The van der Waals surface area contributed by atoms with Gasteiger partial charge in [-0.1, -0.05) is 79.7 Å². The van der Waals surface area contributed by atoms with Crippen LogP contribution >= 0.6 is 0 Å². The number of carbonyl (C=O) groups excluding carboxylic acids is 1. The molecule has 0 aliphatic heterocycles. The van der Waals surface area contributed by atoms with Crippen LogP contribution in [0.15, 0.2) is 84.9 Å². The Kier molecular flexibility index (Phi) is 7.35. The molecule has 0 aromatic heterocycles.